The molecule has 2 N–H and O–H groups in total. The molecule has 0 unspecified atom stereocenters. The van der Waals surface area contributed by atoms with Crippen molar-refractivity contribution >= 4 is 32.6 Å². The van der Waals surface area contributed by atoms with Gasteiger partial charge in [-0.2, -0.15) is 5.10 Å². The van der Waals surface area contributed by atoms with Crippen molar-refractivity contribution in [1.82, 2.24) is 15.1 Å². The van der Waals surface area contributed by atoms with Crippen LogP contribution in [0.5, 0.6) is 0 Å². The van der Waals surface area contributed by atoms with Gasteiger partial charge >= 0.3 is 5.97 Å². The molecule has 0 spiro atoms. The van der Waals surface area contributed by atoms with E-state index in [0.29, 0.717) is 28.8 Å². The van der Waals surface area contributed by atoms with E-state index in [2.05, 4.69) is 34.7 Å². The summed E-state index contributed by atoms with van der Waals surface area (Å²) in [5, 5.41) is 17.7. The summed E-state index contributed by atoms with van der Waals surface area (Å²) in [4.78, 5) is 25.5. The number of nitrogens with zero attached hydrogens (tertiary/aromatic N) is 2. The molecule has 1 heterocycles. The van der Waals surface area contributed by atoms with Crippen molar-refractivity contribution in [2.75, 3.05) is 6.26 Å². The first kappa shape index (κ1) is 30.5. The number of nitrogens with one attached hydrogen (secondary N) is 1. The number of hydrogen-bond acceptors (Lipinski definition) is 5. The van der Waals surface area contributed by atoms with Crippen LogP contribution in [0.2, 0.25) is 0 Å². The number of amides is 1. The highest BCUT2D eigenvalue weighted by atomic mass is 32.2. The molecule has 0 aliphatic rings. The van der Waals surface area contributed by atoms with Crippen molar-refractivity contribution in [2.24, 2.45) is 0 Å². The number of carbonyl (C=O) groups is 2. The summed E-state index contributed by atoms with van der Waals surface area (Å²) in [5.41, 5.74) is 6.43. The molecule has 1 atom stereocenters. The van der Waals surface area contributed by atoms with Crippen LogP contribution in [-0.4, -0.2) is 41.4 Å². The fourth-order valence-electron chi connectivity index (χ4n) is 5.52. The van der Waals surface area contributed by atoms with Crippen LogP contribution < -0.4 is 5.32 Å². The lowest BCUT2D eigenvalue weighted by Crippen LogP contribution is -2.27. The molecule has 0 fully saturated rings. The Kier molecular flexibility index (Phi) is 8.25. The summed E-state index contributed by atoms with van der Waals surface area (Å²) in [6.07, 6.45) is 2.88. The fraction of sp³-hybridized carbons (Fsp3) is 0.108. The number of aromatic nitrogens is 2. The van der Waals surface area contributed by atoms with Gasteiger partial charge in [0.05, 0.1) is 40.3 Å². The van der Waals surface area contributed by atoms with Gasteiger partial charge in [0.2, 0.25) is 0 Å². The maximum Gasteiger partial charge on any atom is 0.335 e. The fourth-order valence-corrected chi connectivity index (χ4v) is 6.19. The average molecular weight is 630 g/mol. The molecule has 1 amide bonds. The second kappa shape index (κ2) is 12.5. The first-order valence-electron chi connectivity index (χ1n) is 14.7. The Morgan fingerprint density at radius 3 is 2.17 bits per heavy atom. The van der Waals surface area contributed by atoms with Crippen molar-refractivity contribution < 1.29 is 23.1 Å². The summed E-state index contributed by atoms with van der Waals surface area (Å²) in [7, 11) is -3.44. The molecule has 0 radical (unpaired) electrons. The number of benzene rings is 5. The lowest BCUT2D eigenvalue weighted by Gasteiger charge is -2.17. The minimum atomic E-state index is -3.44. The molecule has 0 saturated carbocycles. The molecule has 6 aromatic rings. The molecular weight excluding hydrogens is 598 g/mol. The van der Waals surface area contributed by atoms with Gasteiger partial charge in [-0.3, -0.25) is 9.48 Å². The van der Waals surface area contributed by atoms with Gasteiger partial charge in [0.15, 0.2) is 9.84 Å². The van der Waals surface area contributed by atoms with Gasteiger partial charge in [-0.1, -0.05) is 72.8 Å². The Balaban J connectivity index is 1.41. The van der Waals surface area contributed by atoms with E-state index in [1.165, 1.54) is 12.1 Å². The van der Waals surface area contributed by atoms with Gasteiger partial charge in [0, 0.05) is 11.6 Å². The largest absolute Gasteiger partial charge is 0.478 e. The van der Waals surface area contributed by atoms with Crippen molar-refractivity contribution in [3.63, 3.8) is 0 Å². The third kappa shape index (κ3) is 6.45. The molecule has 6 rings (SSSR count). The topological polar surface area (TPSA) is 118 Å². The minimum absolute atomic E-state index is 0.160. The third-order valence-corrected chi connectivity index (χ3v) is 9.06. The summed E-state index contributed by atoms with van der Waals surface area (Å²) in [6.45, 7) is 2.25. The number of rotatable bonds is 9. The number of carbonyl (C=O) groups excluding carboxylic acids is 1. The molecule has 0 aliphatic heterocycles. The van der Waals surface area contributed by atoms with Crippen LogP contribution in [0.15, 0.2) is 126 Å². The van der Waals surface area contributed by atoms with E-state index in [1.807, 2.05) is 49.4 Å². The first-order chi connectivity index (χ1) is 22.1. The number of carboxylic acids is 1. The Morgan fingerprint density at radius 2 is 1.48 bits per heavy atom. The maximum atomic E-state index is 14.0. The van der Waals surface area contributed by atoms with Gasteiger partial charge in [0.1, 0.15) is 0 Å². The zero-order valence-corrected chi connectivity index (χ0v) is 26.0. The van der Waals surface area contributed by atoms with Crippen molar-refractivity contribution in [3.05, 3.63) is 144 Å². The van der Waals surface area contributed by atoms with Gasteiger partial charge in [-0.25, -0.2) is 13.2 Å². The smallest absolute Gasteiger partial charge is 0.335 e. The lowest BCUT2D eigenvalue weighted by molar-refractivity contribution is 0.0696. The van der Waals surface area contributed by atoms with Gasteiger partial charge in [-0.05, 0) is 82.8 Å². The van der Waals surface area contributed by atoms with Crippen LogP contribution in [0.25, 0.3) is 33.2 Å². The van der Waals surface area contributed by atoms with E-state index in [1.54, 1.807) is 47.3 Å². The summed E-state index contributed by atoms with van der Waals surface area (Å²) >= 11 is 0. The highest BCUT2D eigenvalue weighted by Gasteiger charge is 2.20. The SMILES string of the molecule is C[C@H](NC(=O)c1cc(-c2cccc(S(C)(=O)=O)c2)cc2cnn(Cc3cccc(-c4ccccc4)c3)c12)c1ccc(C(=O)O)cc1. The summed E-state index contributed by atoms with van der Waals surface area (Å²) in [5.74, 6) is -1.37. The molecule has 0 aliphatic carbocycles. The molecule has 8 nitrogen and oxygen atoms in total. The predicted octanol–water partition coefficient (Wildman–Crippen LogP) is 7.01. The van der Waals surface area contributed by atoms with Crippen LogP contribution in [0.1, 0.15) is 44.8 Å². The maximum absolute atomic E-state index is 14.0. The number of carboxylic acid groups (broad SMARTS) is 1. The zero-order chi connectivity index (χ0) is 32.4. The number of hydrogen-bond donors (Lipinski definition) is 2. The first-order valence-corrected chi connectivity index (χ1v) is 16.5. The predicted molar refractivity (Wildman–Crippen MR) is 179 cm³/mol. The number of aromatic carboxylic acids is 1. The Labute approximate surface area is 266 Å². The Morgan fingerprint density at radius 1 is 0.804 bits per heavy atom. The van der Waals surface area contributed by atoms with Gasteiger partial charge in [0.25, 0.3) is 5.91 Å². The van der Waals surface area contributed by atoms with Crippen molar-refractivity contribution in [2.45, 2.75) is 24.4 Å². The zero-order valence-electron chi connectivity index (χ0n) is 25.2. The van der Waals surface area contributed by atoms with E-state index in [0.717, 1.165) is 33.9 Å². The van der Waals surface area contributed by atoms with E-state index >= 15 is 0 Å². The van der Waals surface area contributed by atoms with E-state index in [-0.39, 0.29) is 16.4 Å². The number of sulfone groups is 1. The van der Waals surface area contributed by atoms with Gasteiger partial charge in [-0.15, -0.1) is 0 Å². The molecular formula is C37H31N3O5S. The molecule has 230 valence electrons. The highest BCUT2D eigenvalue weighted by molar-refractivity contribution is 7.90. The molecule has 0 bridgehead atoms. The quantitative estimate of drug-likeness (QED) is 0.178. The molecule has 46 heavy (non-hydrogen) atoms. The third-order valence-electron chi connectivity index (χ3n) is 7.95. The van der Waals surface area contributed by atoms with E-state index < -0.39 is 21.8 Å². The van der Waals surface area contributed by atoms with E-state index in [4.69, 9.17) is 0 Å². The monoisotopic (exact) mass is 629 g/mol. The molecule has 9 heteroatoms. The normalized spacial score (nSPS) is 12.1. The van der Waals surface area contributed by atoms with Gasteiger partial charge < -0.3 is 10.4 Å². The standard InChI is InChI=1S/C37H31N3O5S/c1-24(26-14-16-28(17-15-26)37(42)43)39-36(41)34-21-31(30-12-7-13-33(20-30)46(2,44)45)19-32-22-38-40(35(32)34)23-25-8-6-11-29(18-25)27-9-4-3-5-10-27/h3-22,24H,23H2,1-2H3,(H,39,41)(H,42,43)/t24-/m0/s1. The second-order valence-electron chi connectivity index (χ2n) is 11.3. The Bertz CT molecular complexity index is 2190. The Hall–Kier alpha value is -5.54. The second-order valence-corrected chi connectivity index (χ2v) is 13.3. The van der Waals surface area contributed by atoms with Crippen LogP contribution in [0, 0.1) is 0 Å². The lowest BCUT2D eigenvalue weighted by atomic mass is 9.99. The number of fused-ring (bicyclic) bond motifs is 1. The molecule has 5 aromatic carbocycles. The van der Waals surface area contributed by atoms with Crippen LogP contribution in [0.4, 0.5) is 0 Å². The highest BCUT2D eigenvalue weighted by Crippen LogP contribution is 2.31. The molecule has 1 aromatic heterocycles. The molecule has 0 saturated heterocycles. The summed E-state index contributed by atoms with van der Waals surface area (Å²) in [6, 6.07) is 34.5. The van der Waals surface area contributed by atoms with Crippen LogP contribution in [0.3, 0.4) is 0 Å². The van der Waals surface area contributed by atoms with Crippen LogP contribution >= 0.6 is 0 Å². The van der Waals surface area contributed by atoms with E-state index in [9.17, 15) is 23.1 Å². The van der Waals surface area contributed by atoms with Crippen molar-refractivity contribution in [3.8, 4) is 22.3 Å². The average Bonchev–Trinajstić information content (AvgIpc) is 3.46. The summed E-state index contributed by atoms with van der Waals surface area (Å²) < 4.78 is 26.4. The minimum Gasteiger partial charge on any atom is -0.478 e. The van der Waals surface area contributed by atoms with Crippen LogP contribution in [-0.2, 0) is 16.4 Å². The van der Waals surface area contributed by atoms with Crippen molar-refractivity contribution in [1.29, 1.82) is 0 Å².